The molecule has 2 heteroatoms. The summed E-state index contributed by atoms with van der Waals surface area (Å²) in [6.07, 6.45) is 4.90. The van der Waals surface area contributed by atoms with E-state index < -0.39 is 7.05 Å². The minimum absolute atomic E-state index is 0.0931. The molecule has 0 heterocycles. The quantitative estimate of drug-likeness (QED) is 0.345. The Bertz CT molecular complexity index is 1300. The monoisotopic (exact) mass is 545 g/mol. The predicted molar refractivity (Wildman–Crippen MR) is 173 cm³/mol. The van der Waals surface area contributed by atoms with Gasteiger partial charge in [-0.3, -0.25) is 0 Å². The van der Waals surface area contributed by atoms with Crippen LogP contribution in [0.4, 0.5) is 0 Å². The van der Waals surface area contributed by atoms with Crippen molar-refractivity contribution in [2.45, 2.75) is 160 Å². The number of hydrogen-bond donors (Lipinski definition) is 1. The maximum absolute atomic E-state index is 10.6. The summed E-state index contributed by atoms with van der Waals surface area (Å²) in [4.78, 5) is 0. The van der Waals surface area contributed by atoms with Gasteiger partial charge in [0.05, 0.1) is 0 Å². The van der Waals surface area contributed by atoms with E-state index in [2.05, 4.69) is 121 Å². The fourth-order valence-corrected chi connectivity index (χ4v) is 13.4. The Balaban J connectivity index is 1.94. The van der Waals surface area contributed by atoms with Crippen molar-refractivity contribution in [2.75, 3.05) is 0 Å². The molecule has 2 aromatic carbocycles. The molecule has 0 saturated carbocycles. The van der Waals surface area contributed by atoms with Gasteiger partial charge >= 0.3 is 0 Å². The Hall–Kier alpha value is -1.33. The van der Waals surface area contributed by atoms with Crippen LogP contribution < -0.4 is 0 Å². The van der Waals surface area contributed by atoms with Crippen LogP contribution in [-0.4, -0.2) is 10.3 Å². The van der Waals surface area contributed by atoms with E-state index in [0.29, 0.717) is 0 Å². The van der Waals surface area contributed by atoms with Crippen LogP contribution in [0.2, 0.25) is 0 Å². The molecule has 39 heavy (non-hydrogen) atoms. The fraction of sp³-hybridized carbons (Fsp3) is 0.676. The molecule has 0 amide bonds. The first-order valence-electron chi connectivity index (χ1n) is 15.5. The van der Waals surface area contributed by atoms with Crippen LogP contribution in [0, 0.1) is 5.16 Å². The summed E-state index contributed by atoms with van der Waals surface area (Å²) in [5.74, 6) is 0. The summed E-state index contributed by atoms with van der Waals surface area (Å²) in [7, 11) is -2.32. The maximum atomic E-state index is 10.6. The highest BCUT2D eigenvalue weighted by molar-refractivity contribution is 7.68. The molecule has 5 rings (SSSR count). The summed E-state index contributed by atoms with van der Waals surface area (Å²) >= 11 is 0. The third-order valence-corrected chi connectivity index (χ3v) is 17.0. The lowest BCUT2D eigenvalue weighted by Crippen LogP contribution is -2.35. The van der Waals surface area contributed by atoms with Crippen molar-refractivity contribution in [1.29, 1.82) is 5.16 Å². The number of hydrogen-bond acceptors (Lipinski definition) is 1. The lowest BCUT2D eigenvalue weighted by Gasteiger charge is -2.50. The summed E-state index contributed by atoms with van der Waals surface area (Å²) in [5, 5.41) is 10.4. The van der Waals surface area contributed by atoms with E-state index >= 15 is 0 Å². The van der Waals surface area contributed by atoms with E-state index in [0.717, 1.165) is 0 Å². The summed E-state index contributed by atoms with van der Waals surface area (Å²) < 4.78 is 0. The van der Waals surface area contributed by atoms with Gasteiger partial charge in [-0.15, -0.1) is 0 Å². The molecule has 0 unspecified atom stereocenters. The normalized spacial score (nSPS) is 23.0. The molecule has 214 valence electrons. The zero-order valence-electron chi connectivity index (χ0n) is 27.7. The molecular formula is C37H56NP. The molecule has 3 aliphatic rings. The standard InChI is InChI=1S/C37H56NP/c1-32(2,3)39(38,33(4,5)6)31-25-21-29-27(34(7,8)15-17-36(29,11)12)19-23(25)24-20-28-30(22-26(24)31)37(13,14)18-16-35(28,9)10/h19-22,31,38H,15-18H2,1-14H3. The first-order chi connectivity index (χ1) is 17.5. The second kappa shape index (κ2) is 8.15. The number of fused-ring (bicyclic) bond motifs is 5. The van der Waals surface area contributed by atoms with Crippen molar-refractivity contribution in [3.05, 3.63) is 57.6 Å². The van der Waals surface area contributed by atoms with Gasteiger partial charge in [0.25, 0.3) is 0 Å². The van der Waals surface area contributed by atoms with Crippen molar-refractivity contribution in [3.8, 4) is 11.1 Å². The Morgan fingerprint density at radius 1 is 0.538 bits per heavy atom. The van der Waals surface area contributed by atoms with Crippen LogP contribution in [0.1, 0.15) is 162 Å². The minimum Gasteiger partial charge on any atom is -0.317 e. The smallest absolute Gasteiger partial charge is 0.0459 e. The topological polar surface area (TPSA) is 23.9 Å². The van der Waals surface area contributed by atoms with Crippen LogP contribution >= 0.6 is 7.05 Å². The Labute approximate surface area is 240 Å². The highest BCUT2D eigenvalue weighted by atomic mass is 31.2. The van der Waals surface area contributed by atoms with Crippen LogP contribution in [0.15, 0.2) is 24.3 Å². The van der Waals surface area contributed by atoms with Crippen molar-refractivity contribution < 1.29 is 0 Å². The first kappa shape index (κ1) is 29.2. The van der Waals surface area contributed by atoms with Gasteiger partial charge in [0.15, 0.2) is 0 Å². The van der Waals surface area contributed by atoms with Gasteiger partial charge in [0.1, 0.15) is 0 Å². The van der Waals surface area contributed by atoms with Gasteiger partial charge in [0.2, 0.25) is 0 Å². The van der Waals surface area contributed by atoms with E-state index in [1.807, 2.05) is 0 Å². The predicted octanol–water partition coefficient (Wildman–Crippen LogP) is 11.8. The van der Waals surface area contributed by atoms with Gasteiger partial charge in [-0.05, 0) is 121 Å². The molecule has 1 nitrogen and oxygen atoms in total. The third-order valence-electron chi connectivity index (χ3n) is 11.4. The van der Waals surface area contributed by atoms with Gasteiger partial charge in [-0.2, -0.15) is 0 Å². The number of rotatable bonds is 1. The number of nitrogens with one attached hydrogen (secondary N) is 1. The Morgan fingerprint density at radius 3 is 1.05 bits per heavy atom. The largest absolute Gasteiger partial charge is 0.317 e. The van der Waals surface area contributed by atoms with Crippen LogP contribution in [0.25, 0.3) is 11.1 Å². The molecule has 0 fully saturated rings. The minimum atomic E-state index is -2.32. The van der Waals surface area contributed by atoms with E-state index in [9.17, 15) is 5.16 Å². The molecule has 0 saturated heterocycles. The molecule has 0 spiro atoms. The molecule has 3 aliphatic carbocycles. The highest BCUT2D eigenvalue weighted by Crippen LogP contribution is 2.80. The maximum Gasteiger partial charge on any atom is 0.0459 e. The lowest BCUT2D eigenvalue weighted by atomic mass is 9.62. The highest BCUT2D eigenvalue weighted by Gasteiger charge is 2.53. The molecule has 0 atom stereocenters. The second-order valence-corrected chi connectivity index (χ2v) is 22.6. The lowest BCUT2D eigenvalue weighted by molar-refractivity contribution is 0.331. The van der Waals surface area contributed by atoms with Crippen molar-refractivity contribution in [1.82, 2.24) is 0 Å². The summed E-state index contributed by atoms with van der Waals surface area (Å²) in [6.45, 7) is 33.7. The van der Waals surface area contributed by atoms with Crippen LogP contribution in [-0.2, 0) is 21.7 Å². The van der Waals surface area contributed by atoms with Gasteiger partial charge in [-0.25, -0.2) is 0 Å². The van der Waals surface area contributed by atoms with E-state index in [1.54, 1.807) is 11.1 Å². The van der Waals surface area contributed by atoms with Crippen LogP contribution in [0.5, 0.6) is 0 Å². The van der Waals surface area contributed by atoms with Gasteiger partial charge < -0.3 is 5.16 Å². The first-order valence-corrected chi connectivity index (χ1v) is 17.3. The van der Waals surface area contributed by atoms with Crippen molar-refractivity contribution in [2.24, 2.45) is 0 Å². The Morgan fingerprint density at radius 2 is 0.795 bits per heavy atom. The number of benzene rings is 2. The van der Waals surface area contributed by atoms with Crippen LogP contribution in [0.3, 0.4) is 0 Å². The zero-order chi connectivity index (χ0) is 29.4. The van der Waals surface area contributed by atoms with Crippen molar-refractivity contribution >= 4 is 7.05 Å². The molecule has 0 bridgehead atoms. The van der Waals surface area contributed by atoms with Gasteiger partial charge in [0, 0.05) is 5.66 Å². The van der Waals surface area contributed by atoms with Crippen molar-refractivity contribution in [3.63, 3.8) is 0 Å². The van der Waals surface area contributed by atoms with E-state index in [-0.39, 0.29) is 37.6 Å². The molecule has 1 N–H and O–H groups in total. The fourth-order valence-electron chi connectivity index (χ4n) is 8.55. The molecule has 0 aromatic heterocycles. The molecule has 2 aromatic rings. The zero-order valence-corrected chi connectivity index (χ0v) is 28.6. The average molecular weight is 546 g/mol. The third kappa shape index (κ3) is 4.02. The van der Waals surface area contributed by atoms with Gasteiger partial charge in [-0.1, -0.05) is 109 Å². The molecule has 0 radical (unpaired) electrons. The van der Waals surface area contributed by atoms with E-state index in [1.165, 1.54) is 59.1 Å². The molecular weight excluding hydrogens is 489 g/mol. The molecule has 0 aliphatic heterocycles. The SMILES string of the molecule is CC1(C)CCC(C)(C)c2cc3c(cc21)-c1cc2c(cc1C3P(=N)(C(C)(C)C)C(C)(C)C)C(C)(C)CCC2(C)C. The van der Waals surface area contributed by atoms with E-state index in [4.69, 9.17) is 0 Å². The summed E-state index contributed by atoms with van der Waals surface area (Å²) in [6, 6.07) is 10.4. The second-order valence-electron chi connectivity index (χ2n) is 18.0. The summed E-state index contributed by atoms with van der Waals surface area (Å²) in [5.41, 5.74) is 12.8. The average Bonchev–Trinajstić information content (AvgIpc) is 3.09. The Kier molecular flexibility index (Phi) is 6.10.